The number of aliphatic imine (C=N–C) groups is 1. The van der Waals surface area contributed by atoms with Crippen molar-refractivity contribution in [3.8, 4) is 0 Å². The lowest BCUT2D eigenvalue weighted by Gasteiger charge is -2.38. The van der Waals surface area contributed by atoms with Crippen LogP contribution in [0.15, 0.2) is 4.99 Å². The summed E-state index contributed by atoms with van der Waals surface area (Å²) in [7, 11) is 0. The molecule has 0 aromatic rings. The van der Waals surface area contributed by atoms with Crippen LogP contribution in [-0.2, 0) is 4.79 Å². The second-order valence-corrected chi connectivity index (χ2v) is 5.85. The molecule has 0 saturated carbocycles. The summed E-state index contributed by atoms with van der Waals surface area (Å²) >= 11 is 0. The van der Waals surface area contributed by atoms with Crippen molar-refractivity contribution in [1.29, 1.82) is 0 Å². The summed E-state index contributed by atoms with van der Waals surface area (Å²) in [4.78, 5) is 18.0. The lowest BCUT2D eigenvalue weighted by Crippen LogP contribution is -2.53. The van der Waals surface area contributed by atoms with Gasteiger partial charge in [0.05, 0.1) is 5.92 Å². The van der Waals surface area contributed by atoms with Crippen molar-refractivity contribution in [2.45, 2.75) is 26.7 Å². The van der Waals surface area contributed by atoms with E-state index in [0.717, 1.165) is 38.4 Å². The van der Waals surface area contributed by atoms with Gasteiger partial charge >= 0.3 is 0 Å². The van der Waals surface area contributed by atoms with Crippen LogP contribution in [-0.4, -0.2) is 42.9 Å². The highest BCUT2D eigenvalue weighted by Gasteiger charge is 2.29. The Labute approximate surface area is 102 Å². The molecule has 96 valence electrons. The van der Waals surface area contributed by atoms with E-state index in [9.17, 15) is 4.79 Å². The Balaban J connectivity index is 1.99. The molecule has 5 heteroatoms. The number of carbonyl (C=O) groups is 1. The third-order valence-corrected chi connectivity index (χ3v) is 3.51. The Hall–Kier alpha value is -1.26. The predicted octanol–water partition coefficient (Wildman–Crippen LogP) is 0.169. The molecule has 0 bridgehead atoms. The summed E-state index contributed by atoms with van der Waals surface area (Å²) in [6, 6.07) is 0. The number of hydrogen-bond acceptors (Lipinski definition) is 4. The van der Waals surface area contributed by atoms with Crippen LogP contribution in [0, 0.1) is 11.3 Å². The van der Waals surface area contributed by atoms with Gasteiger partial charge in [-0.1, -0.05) is 13.8 Å². The fourth-order valence-electron chi connectivity index (χ4n) is 2.33. The largest absolute Gasteiger partial charge is 0.369 e. The predicted molar refractivity (Wildman–Crippen MR) is 67.6 cm³/mol. The zero-order valence-corrected chi connectivity index (χ0v) is 10.7. The van der Waals surface area contributed by atoms with Gasteiger partial charge in [0.15, 0.2) is 5.96 Å². The Morgan fingerprint density at radius 1 is 1.59 bits per heavy atom. The monoisotopic (exact) mass is 238 g/mol. The molecule has 2 heterocycles. The third kappa shape index (κ3) is 2.90. The average molecular weight is 238 g/mol. The number of piperidine rings is 1. The third-order valence-electron chi connectivity index (χ3n) is 3.51. The summed E-state index contributed by atoms with van der Waals surface area (Å²) in [5.74, 6) is 0.727. The number of guanidine groups is 1. The number of nitrogens with two attached hydrogens (primary N) is 1. The van der Waals surface area contributed by atoms with E-state index in [1.165, 1.54) is 0 Å². The zero-order valence-electron chi connectivity index (χ0n) is 10.7. The maximum Gasteiger partial charge on any atom is 0.222 e. The second-order valence-electron chi connectivity index (χ2n) is 5.85. The number of nitrogens with zero attached hydrogens (tertiary/aromatic N) is 2. The van der Waals surface area contributed by atoms with Crippen LogP contribution in [0.5, 0.6) is 0 Å². The minimum absolute atomic E-state index is 0.0248. The van der Waals surface area contributed by atoms with Gasteiger partial charge in [0.2, 0.25) is 5.91 Å². The Morgan fingerprint density at radius 2 is 2.35 bits per heavy atom. The van der Waals surface area contributed by atoms with Crippen LogP contribution in [0.25, 0.3) is 0 Å². The Morgan fingerprint density at radius 3 is 2.94 bits per heavy atom. The van der Waals surface area contributed by atoms with Gasteiger partial charge in [-0.15, -0.1) is 0 Å². The van der Waals surface area contributed by atoms with E-state index in [0.29, 0.717) is 6.54 Å². The molecule has 0 spiro atoms. The molecule has 2 aliphatic rings. The topological polar surface area (TPSA) is 70.7 Å². The quantitative estimate of drug-likeness (QED) is 0.684. The fourth-order valence-corrected chi connectivity index (χ4v) is 2.33. The summed E-state index contributed by atoms with van der Waals surface area (Å²) in [6.07, 6.45) is 1.92. The summed E-state index contributed by atoms with van der Waals surface area (Å²) in [6.45, 7) is 7.85. The molecule has 17 heavy (non-hydrogen) atoms. The molecule has 1 amide bonds. The SMILES string of the molecule is CC1(C)CN=C(N2CCCC(C(N)=O)C2)NC1. The number of nitrogens with one attached hydrogen (secondary N) is 1. The van der Waals surface area contributed by atoms with Crippen molar-refractivity contribution in [1.82, 2.24) is 10.2 Å². The summed E-state index contributed by atoms with van der Waals surface area (Å²) in [5.41, 5.74) is 5.60. The molecule has 2 rings (SSSR count). The van der Waals surface area contributed by atoms with Crippen LogP contribution < -0.4 is 11.1 Å². The molecular formula is C12H22N4O. The number of primary amides is 1. The fraction of sp³-hybridized carbons (Fsp3) is 0.833. The van der Waals surface area contributed by atoms with E-state index >= 15 is 0 Å². The Kier molecular flexibility index (Phi) is 3.26. The smallest absolute Gasteiger partial charge is 0.222 e. The molecule has 5 nitrogen and oxygen atoms in total. The summed E-state index contributed by atoms with van der Waals surface area (Å²) in [5, 5.41) is 3.36. The number of rotatable bonds is 1. The normalized spacial score (nSPS) is 28.2. The van der Waals surface area contributed by atoms with Crippen molar-refractivity contribution in [2.24, 2.45) is 22.1 Å². The van der Waals surface area contributed by atoms with Gasteiger partial charge in [-0.3, -0.25) is 9.79 Å². The van der Waals surface area contributed by atoms with Gasteiger partial charge < -0.3 is 16.0 Å². The van der Waals surface area contributed by atoms with Crippen molar-refractivity contribution in [3.05, 3.63) is 0 Å². The molecule has 3 N–H and O–H groups in total. The van der Waals surface area contributed by atoms with E-state index in [1.807, 2.05) is 0 Å². The van der Waals surface area contributed by atoms with Gasteiger partial charge in [0.1, 0.15) is 0 Å². The Bertz CT molecular complexity index is 337. The van der Waals surface area contributed by atoms with E-state index < -0.39 is 0 Å². The van der Waals surface area contributed by atoms with E-state index in [4.69, 9.17) is 5.73 Å². The molecule has 1 atom stereocenters. The first-order chi connectivity index (χ1) is 7.98. The van der Waals surface area contributed by atoms with Crippen LogP contribution in [0.4, 0.5) is 0 Å². The van der Waals surface area contributed by atoms with Crippen molar-refractivity contribution in [3.63, 3.8) is 0 Å². The second kappa shape index (κ2) is 4.55. The van der Waals surface area contributed by atoms with Gasteiger partial charge in [-0.05, 0) is 12.8 Å². The van der Waals surface area contributed by atoms with E-state index in [2.05, 4.69) is 29.1 Å². The van der Waals surface area contributed by atoms with Crippen molar-refractivity contribution >= 4 is 11.9 Å². The number of likely N-dealkylation sites (tertiary alicyclic amines) is 1. The van der Waals surface area contributed by atoms with Crippen molar-refractivity contribution < 1.29 is 4.79 Å². The molecule has 1 unspecified atom stereocenters. The highest BCUT2D eigenvalue weighted by atomic mass is 16.1. The van der Waals surface area contributed by atoms with Crippen LogP contribution in [0.1, 0.15) is 26.7 Å². The maximum absolute atomic E-state index is 11.2. The van der Waals surface area contributed by atoms with E-state index in [-0.39, 0.29) is 17.2 Å². The molecule has 0 radical (unpaired) electrons. The molecule has 2 aliphatic heterocycles. The zero-order chi connectivity index (χ0) is 12.5. The van der Waals surface area contributed by atoms with Gasteiger partial charge in [0, 0.05) is 31.6 Å². The van der Waals surface area contributed by atoms with Crippen LogP contribution in [0.2, 0.25) is 0 Å². The number of amides is 1. The minimum Gasteiger partial charge on any atom is -0.369 e. The lowest BCUT2D eigenvalue weighted by atomic mass is 9.92. The molecule has 1 saturated heterocycles. The molecule has 1 fully saturated rings. The van der Waals surface area contributed by atoms with Crippen LogP contribution in [0.3, 0.4) is 0 Å². The molecule has 0 aliphatic carbocycles. The minimum atomic E-state index is -0.188. The van der Waals surface area contributed by atoms with Gasteiger partial charge in [0.25, 0.3) is 0 Å². The highest BCUT2D eigenvalue weighted by molar-refractivity contribution is 5.82. The molecular weight excluding hydrogens is 216 g/mol. The average Bonchev–Trinajstić information content (AvgIpc) is 2.29. The van der Waals surface area contributed by atoms with Crippen LogP contribution >= 0.6 is 0 Å². The first-order valence-electron chi connectivity index (χ1n) is 6.30. The number of hydrogen-bond donors (Lipinski definition) is 2. The van der Waals surface area contributed by atoms with E-state index in [1.54, 1.807) is 0 Å². The molecule has 0 aromatic heterocycles. The first kappa shape index (κ1) is 12.2. The summed E-state index contributed by atoms with van der Waals surface area (Å²) < 4.78 is 0. The van der Waals surface area contributed by atoms with Gasteiger partial charge in [-0.25, -0.2) is 0 Å². The van der Waals surface area contributed by atoms with Gasteiger partial charge in [-0.2, -0.15) is 0 Å². The number of carbonyl (C=O) groups excluding carboxylic acids is 1. The highest BCUT2D eigenvalue weighted by Crippen LogP contribution is 2.20. The lowest BCUT2D eigenvalue weighted by molar-refractivity contribution is -0.122. The van der Waals surface area contributed by atoms with Crippen molar-refractivity contribution in [2.75, 3.05) is 26.2 Å². The maximum atomic E-state index is 11.2. The standard InChI is InChI=1S/C12H22N4O/c1-12(2)7-14-11(15-8-12)16-5-3-4-9(6-16)10(13)17/h9H,3-8H2,1-2H3,(H2,13,17)(H,14,15). The first-order valence-corrected chi connectivity index (χ1v) is 6.30. The molecule has 0 aromatic carbocycles.